The Bertz CT molecular complexity index is 707. The van der Waals surface area contributed by atoms with Crippen molar-refractivity contribution in [3.8, 4) is 0 Å². The maximum absolute atomic E-state index is 14.8. The third-order valence-electron chi connectivity index (χ3n) is 3.48. The van der Waals surface area contributed by atoms with E-state index in [1.165, 1.54) is 0 Å². The van der Waals surface area contributed by atoms with E-state index in [2.05, 4.69) is 9.26 Å². The van der Waals surface area contributed by atoms with Crippen molar-refractivity contribution in [3.63, 3.8) is 0 Å². The van der Waals surface area contributed by atoms with Crippen molar-refractivity contribution in [1.29, 1.82) is 0 Å². The predicted octanol–water partition coefficient (Wildman–Crippen LogP) is -0.483. The van der Waals surface area contributed by atoms with Gasteiger partial charge in [-0.2, -0.15) is 0 Å². The maximum atomic E-state index is 14.8. The van der Waals surface area contributed by atoms with Crippen LogP contribution in [-0.2, 0) is 52.0 Å². The number of phosphoric acid groups is 1. The average Bonchev–Trinajstić information content (AvgIpc) is 2.55. The lowest BCUT2D eigenvalue weighted by Crippen LogP contribution is -2.64. The van der Waals surface area contributed by atoms with Gasteiger partial charge in [0.15, 0.2) is 24.5 Å². The highest BCUT2D eigenvalue weighted by atomic mass is 31.2. The first-order chi connectivity index (χ1) is 13.7. The number of carbonyl (C=O) groups is 4. The molecule has 0 amide bonds. The van der Waals surface area contributed by atoms with Crippen LogP contribution in [0.5, 0.6) is 0 Å². The second-order valence-corrected chi connectivity index (χ2v) is 7.30. The highest BCUT2D eigenvalue weighted by Gasteiger charge is 2.56. The molecule has 6 atom stereocenters. The number of rotatable bonds is 8. The van der Waals surface area contributed by atoms with Gasteiger partial charge < -0.3 is 33.5 Å². The summed E-state index contributed by atoms with van der Waals surface area (Å²) in [4.78, 5) is 63.7. The fourth-order valence-electron chi connectivity index (χ4n) is 2.61. The standard InChI is InChI=1S/C15H22FO13P/c1-6(17)24-5-10(16)11-12(25-7(2)18)13(26-8(3)19)14(27-9(4)20)15(28-11)29-30(21,22)23/h10-15H,5H2,1-4H3,(H2,21,22,23)/t10-,11?,12?,13?,14?,15?/m0/s1. The van der Waals surface area contributed by atoms with Crippen molar-refractivity contribution in [2.24, 2.45) is 0 Å². The zero-order chi connectivity index (χ0) is 23.2. The monoisotopic (exact) mass is 460 g/mol. The summed E-state index contributed by atoms with van der Waals surface area (Å²) >= 11 is 0. The molecule has 0 radical (unpaired) electrons. The molecule has 0 saturated carbocycles. The van der Waals surface area contributed by atoms with Gasteiger partial charge in [0.05, 0.1) is 0 Å². The van der Waals surface area contributed by atoms with Crippen LogP contribution in [0.1, 0.15) is 27.7 Å². The molecule has 0 aliphatic carbocycles. The molecular formula is C15H22FO13P. The van der Waals surface area contributed by atoms with E-state index in [-0.39, 0.29) is 0 Å². The number of ether oxygens (including phenoxy) is 5. The van der Waals surface area contributed by atoms with E-state index in [4.69, 9.17) is 28.7 Å². The Morgan fingerprint density at radius 1 is 0.900 bits per heavy atom. The van der Waals surface area contributed by atoms with Gasteiger partial charge >= 0.3 is 31.7 Å². The fraction of sp³-hybridized carbons (Fsp3) is 0.733. The first-order valence-electron chi connectivity index (χ1n) is 8.39. The number of phosphoric ester groups is 1. The van der Waals surface area contributed by atoms with Crippen LogP contribution in [0, 0.1) is 0 Å². The molecule has 0 aromatic heterocycles. The molecule has 0 aromatic carbocycles. The zero-order valence-electron chi connectivity index (χ0n) is 16.4. The summed E-state index contributed by atoms with van der Waals surface area (Å²) in [6, 6.07) is 0. The van der Waals surface area contributed by atoms with Crippen LogP contribution >= 0.6 is 7.82 Å². The third-order valence-corrected chi connectivity index (χ3v) is 3.96. The van der Waals surface area contributed by atoms with Crippen molar-refractivity contribution in [1.82, 2.24) is 0 Å². The lowest BCUT2D eigenvalue weighted by atomic mass is 9.95. The Morgan fingerprint density at radius 3 is 1.80 bits per heavy atom. The summed E-state index contributed by atoms with van der Waals surface area (Å²) in [5.41, 5.74) is 0. The van der Waals surface area contributed by atoms with Gasteiger partial charge in [-0.25, -0.2) is 8.96 Å². The first kappa shape index (κ1) is 25.9. The largest absolute Gasteiger partial charge is 0.472 e. The van der Waals surface area contributed by atoms with Crippen LogP contribution in [0.3, 0.4) is 0 Å². The SMILES string of the molecule is CC(=O)OC[C@H](F)C1OC(OP(=O)(O)O)C(OC(C)=O)C(OC(C)=O)C1OC(C)=O. The summed E-state index contributed by atoms with van der Waals surface area (Å²) in [6.45, 7) is 2.90. The van der Waals surface area contributed by atoms with Crippen molar-refractivity contribution in [2.45, 2.75) is 64.6 Å². The van der Waals surface area contributed by atoms with Crippen molar-refractivity contribution < 1.29 is 66.1 Å². The molecule has 0 spiro atoms. The second kappa shape index (κ2) is 10.8. The topological polar surface area (TPSA) is 181 Å². The molecule has 1 aliphatic rings. The highest BCUT2D eigenvalue weighted by Crippen LogP contribution is 2.42. The molecule has 1 fully saturated rings. The minimum atomic E-state index is -5.28. The van der Waals surface area contributed by atoms with Crippen LogP contribution in [0.25, 0.3) is 0 Å². The van der Waals surface area contributed by atoms with Crippen molar-refractivity contribution in [2.75, 3.05) is 6.61 Å². The number of halogens is 1. The molecule has 30 heavy (non-hydrogen) atoms. The van der Waals surface area contributed by atoms with Gasteiger partial charge in [-0.15, -0.1) is 0 Å². The number of carbonyl (C=O) groups excluding carboxylic acids is 4. The maximum Gasteiger partial charge on any atom is 0.472 e. The minimum Gasteiger partial charge on any atom is -0.463 e. The second-order valence-electron chi connectivity index (χ2n) is 6.11. The molecule has 15 heteroatoms. The fourth-order valence-corrected chi connectivity index (χ4v) is 3.05. The molecule has 13 nitrogen and oxygen atoms in total. The Kier molecular flexibility index (Phi) is 9.31. The summed E-state index contributed by atoms with van der Waals surface area (Å²) in [5, 5.41) is 0. The molecular weight excluding hydrogens is 438 g/mol. The smallest absolute Gasteiger partial charge is 0.463 e. The third kappa shape index (κ3) is 8.32. The molecule has 0 aromatic rings. The first-order valence-corrected chi connectivity index (χ1v) is 9.92. The van der Waals surface area contributed by atoms with Crippen LogP contribution < -0.4 is 0 Å². The van der Waals surface area contributed by atoms with Crippen LogP contribution in [0.4, 0.5) is 4.39 Å². The molecule has 172 valence electrons. The van der Waals surface area contributed by atoms with E-state index < -0.39 is 75.2 Å². The van der Waals surface area contributed by atoms with E-state index in [0.717, 1.165) is 27.7 Å². The number of esters is 4. The van der Waals surface area contributed by atoms with E-state index in [9.17, 15) is 28.1 Å². The molecule has 1 aliphatic heterocycles. The summed E-state index contributed by atoms with van der Waals surface area (Å²) in [6.07, 6.45) is -11.6. The van der Waals surface area contributed by atoms with Crippen LogP contribution in [-0.4, -0.2) is 77.1 Å². The molecule has 0 bridgehead atoms. The predicted molar refractivity (Wildman–Crippen MR) is 90.0 cm³/mol. The summed E-state index contributed by atoms with van der Waals surface area (Å²) < 4.78 is 55.0. The molecule has 2 N–H and O–H groups in total. The van der Waals surface area contributed by atoms with Crippen LogP contribution in [0.15, 0.2) is 0 Å². The summed E-state index contributed by atoms with van der Waals surface area (Å²) in [5.74, 6) is -3.81. The average molecular weight is 460 g/mol. The quantitative estimate of drug-likeness (QED) is 0.269. The van der Waals surface area contributed by atoms with Gasteiger partial charge in [0.2, 0.25) is 6.29 Å². The van der Waals surface area contributed by atoms with E-state index in [0.29, 0.717) is 0 Å². The number of hydrogen-bond acceptors (Lipinski definition) is 11. The highest BCUT2D eigenvalue weighted by molar-refractivity contribution is 7.46. The molecule has 1 rings (SSSR count). The van der Waals surface area contributed by atoms with Crippen molar-refractivity contribution >= 4 is 31.7 Å². The normalized spacial score (nSPS) is 27.5. The lowest BCUT2D eigenvalue weighted by Gasteiger charge is -2.44. The molecule has 1 heterocycles. The summed E-state index contributed by atoms with van der Waals surface area (Å²) in [7, 11) is -5.28. The minimum absolute atomic E-state index is 0.852. The van der Waals surface area contributed by atoms with E-state index >= 15 is 0 Å². The molecule has 1 saturated heterocycles. The van der Waals surface area contributed by atoms with Crippen molar-refractivity contribution in [3.05, 3.63) is 0 Å². The Labute approximate surface area is 169 Å². The molecule has 5 unspecified atom stereocenters. The Morgan fingerprint density at radius 2 is 1.37 bits per heavy atom. The zero-order valence-corrected chi connectivity index (χ0v) is 17.3. The van der Waals surface area contributed by atoms with Gasteiger partial charge in [-0.1, -0.05) is 0 Å². The van der Waals surface area contributed by atoms with Gasteiger partial charge in [-0.3, -0.25) is 23.7 Å². The van der Waals surface area contributed by atoms with Gasteiger partial charge in [-0.05, 0) is 0 Å². The Balaban J connectivity index is 3.41. The lowest BCUT2D eigenvalue weighted by molar-refractivity contribution is -0.296. The van der Waals surface area contributed by atoms with E-state index in [1.54, 1.807) is 0 Å². The van der Waals surface area contributed by atoms with Crippen LogP contribution in [0.2, 0.25) is 0 Å². The van der Waals surface area contributed by atoms with Gasteiger partial charge in [0.25, 0.3) is 0 Å². The number of hydrogen-bond donors (Lipinski definition) is 2. The Hall–Kier alpha value is -2.12. The van der Waals surface area contributed by atoms with E-state index in [1.807, 2.05) is 0 Å². The number of alkyl halides is 1. The van der Waals surface area contributed by atoms with Gasteiger partial charge in [0.1, 0.15) is 12.7 Å². The van der Waals surface area contributed by atoms with Gasteiger partial charge in [0, 0.05) is 27.7 Å².